The zero-order valence-corrected chi connectivity index (χ0v) is 12.7. The van der Waals surface area contributed by atoms with E-state index in [1.165, 1.54) is 12.8 Å². The van der Waals surface area contributed by atoms with Gasteiger partial charge in [0.15, 0.2) is 0 Å². The number of nitrogens with two attached hydrogens (primary N) is 1. The van der Waals surface area contributed by atoms with Crippen LogP contribution in [-0.2, 0) is 10.3 Å². The molecule has 4 heteroatoms. The number of carbonyl (C=O) groups excluding carboxylic acids is 1. The maximum absolute atomic E-state index is 12.4. The molecule has 4 nitrogen and oxygen atoms in total. The molecule has 3 N–H and O–H groups in total. The van der Waals surface area contributed by atoms with Crippen LogP contribution >= 0.6 is 0 Å². The van der Waals surface area contributed by atoms with Gasteiger partial charge in [0, 0.05) is 18.6 Å². The highest BCUT2D eigenvalue weighted by Crippen LogP contribution is 2.31. The molecule has 1 aromatic carbocycles. The Balaban J connectivity index is 1.93. The second-order valence-electron chi connectivity index (χ2n) is 6.52. The van der Waals surface area contributed by atoms with E-state index < -0.39 is 5.54 Å². The summed E-state index contributed by atoms with van der Waals surface area (Å²) in [6, 6.07) is 10.9. The highest BCUT2D eigenvalue weighted by atomic mass is 16.1. The molecule has 2 atom stereocenters. The van der Waals surface area contributed by atoms with Crippen LogP contribution in [0.1, 0.15) is 38.2 Å². The van der Waals surface area contributed by atoms with E-state index in [9.17, 15) is 4.79 Å². The Morgan fingerprint density at radius 3 is 2.57 bits per heavy atom. The minimum absolute atomic E-state index is 0.264. The molecule has 1 saturated heterocycles. The molecule has 0 radical (unpaired) electrons. The van der Waals surface area contributed by atoms with Crippen molar-refractivity contribution in [1.29, 1.82) is 0 Å². The van der Waals surface area contributed by atoms with Gasteiger partial charge in [-0.1, -0.05) is 30.3 Å². The summed E-state index contributed by atoms with van der Waals surface area (Å²) in [4.78, 5) is 14.8. The summed E-state index contributed by atoms with van der Waals surface area (Å²) in [6.07, 6.45) is 4.68. The number of likely N-dealkylation sites (tertiary alicyclic amines) is 1. The van der Waals surface area contributed by atoms with Crippen molar-refractivity contribution in [3.63, 3.8) is 0 Å². The standard InChI is InChI=1S/C17H25N3O/c1-13-6-5-11-20(13)12-17(16(18)21,19-15-9-10-15)14-7-3-2-4-8-14/h2-4,7-8,13,15,19H,5-6,9-12H2,1H3,(H2,18,21). The Kier molecular flexibility index (Phi) is 4.00. The number of primary amides is 1. The molecule has 0 aromatic heterocycles. The monoisotopic (exact) mass is 287 g/mol. The largest absolute Gasteiger partial charge is 0.368 e. The van der Waals surface area contributed by atoms with Crippen LogP contribution in [0.25, 0.3) is 0 Å². The fourth-order valence-electron chi connectivity index (χ4n) is 3.34. The van der Waals surface area contributed by atoms with Gasteiger partial charge in [0.2, 0.25) is 5.91 Å². The molecule has 114 valence electrons. The summed E-state index contributed by atoms with van der Waals surface area (Å²) in [5.41, 5.74) is 6.10. The van der Waals surface area contributed by atoms with Gasteiger partial charge in [-0.05, 0) is 44.7 Å². The number of nitrogens with zero attached hydrogens (tertiary/aromatic N) is 1. The van der Waals surface area contributed by atoms with E-state index in [-0.39, 0.29) is 5.91 Å². The lowest BCUT2D eigenvalue weighted by Gasteiger charge is -2.37. The predicted octanol–water partition coefficient (Wildman–Crippen LogP) is 1.60. The number of carbonyl (C=O) groups is 1. The Morgan fingerprint density at radius 2 is 2.05 bits per heavy atom. The van der Waals surface area contributed by atoms with Crippen molar-refractivity contribution >= 4 is 5.91 Å². The fourth-order valence-corrected chi connectivity index (χ4v) is 3.34. The number of nitrogens with one attached hydrogen (secondary N) is 1. The average Bonchev–Trinajstić information content (AvgIpc) is 3.21. The molecule has 1 amide bonds. The van der Waals surface area contributed by atoms with Crippen molar-refractivity contribution in [2.75, 3.05) is 13.1 Å². The molecule has 2 aliphatic rings. The molecule has 1 aliphatic carbocycles. The predicted molar refractivity (Wildman–Crippen MR) is 83.7 cm³/mol. The SMILES string of the molecule is CC1CCCN1CC(NC1CC1)(C(N)=O)c1ccccc1. The number of amides is 1. The summed E-state index contributed by atoms with van der Waals surface area (Å²) >= 11 is 0. The van der Waals surface area contributed by atoms with Crippen LogP contribution in [0.3, 0.4) is 0 Å². The van der Waals surface area contributed by atoms with Crippen LogP contribution in [0.5, 0.6) is 0 Å². The van der Waals surface area contributed by atoms with Crippen LogP contribution in [0.2, 0.25) is 0 Å². The first-order chi connectivity index (χ1) is 10.1. The third kappa shape index (κ3) is 2.97. The number of rotatable bonds is 6. The molecular formula is C17H25N3O. The molecule has 0 spiro atoms. The Bertz CT molecular complexity index is 500. The topological polar surface area (TPSA) is 58.4 Å². The van der Waals surface area contributed by atoms with Crippen LogP contribution in [0, 0.1) is 0 Å². The summed E-state index contributed by atoms with van der Waals surface area (Å²) in [5.74, 6) is -0.264. The molecule has 3 rings (SSSR count). The van der Waals surface area contributed by atoms with Gasteiger partial charge >= 0.3 is 0 Å². The van der Waals surface area contributed by atoms with Crippen molar-refractivity contribution in [3.05, 3.63) is 35.9 Å². The molecule has 1 aromatic rings. The van der Waals surface area contributed by atoms with Crippen molar-refractivity contribution in [2.45, 2.75) is 50.2 Å². The van der Waals surface area contributed by atoms with Crippen molar-refractivity contribution < 1.29 is 4.79 Å². The maximum atomic E-state index is 12.4. The van der Waals surface area contributed by atoms with Crippen molar-refractivity contribution in [2.24, 2.45) is 5.73 Å². The van der Waals surface area contributed by atoms with E-state index in [4.69, 9.17) is 5.73 Å². The summed E-state index contributed by atoms with van der Waals surface area (Å²) in [5, 5.41) is 3.55. The van der Waals surface area contributed by atoms with Gasteiger partial charge in [-0.2, -0.15) is 0 Å². The van der Waals surface area contributed by atoms with Gasteiger partial charge in [0.1, 0.15) is 5.54 Å². The number of hydrogen-bond donors (Lipinski definition) is 2. The zero-order chi connectivity index (χ0) is 14.9. The molecular weight excluding hydrogens is 262 g/mol. The third-order valence-electron chi connectivity index (χ3n) is 4.85. The minimum atomic E-state index is -0.763. The molecule has 0 bridgehead atoms. The first kappa shape index (κ1) is 14.5. The van der Waals surface area contributed by atoms with Gasteiger partial charge in [-0.3, -0.25) is 15.0 Å². The fraction of sp³-hybridized carbons (Fsp3) is 0.588. The first-order valence-electron chi connectivity index (χ1n) is 7.99. The van der Waals surface area contributed by atoms with E-state index in [2.05, 4.69) is 17.1 Å². The van der Waals surface area contributed by atoms with Gasteiger partial charge in [-0.15, -0.1) is 0 Å². The second-order valence-corrected chi connectivity index (χ2v) is 6.52. The normalized spacial score (nSPS) is 25.7. The van der Waals surface area contributed by atoms with E-state index in [1.54, 1.807) is 0 Å². The molecule has 1 aliphatic heterocycles. The summed E-state index contributed by atoms with van der Waals surface area (Å²) in [6.45, 7) is 3.96. The minimum Gasteiger partial charge on any atom is -0.368 e. The van der Waals surface area contributed by atoms with Gasteiger partial charge in [0.25, 0.3) is 0 Å². The highest BCUT2D eigenvalue weighted by Gasteiger charge is 2.45. The van der Waals surface area contributed by atoms with E-state index >= 15 is 0 Å². The summed E-state index contributed by atoms with van der Waals surface area (Å²) < 4.78 is 0. The van der Waals surface area contributed by atoms with Crippen LogP contribution in [0.4, 0.5) is 0 Å². The maximum Gasteiger partial charge on any atom is 0.243 e. The summed E-state index contributed by atoms with van der Waals surface area (Å²) in [7, 11) is 0. The molecule has 2 unspecified atom stereocenters. The van der Waals surface area contributed by atoms with Crippen molar-refractivity contribution in [1.82, 2.24) is 10.2 Å². The molecule has 21 heavy (non-hydrogen) atoms. The van der Waals surface area contributed by atoms with E-state index in [1.807, 2.05) is 30.3 Å². The van der Waals surface area contributed by atoms with Gasteiger partial charge in [-0.25, -0.2) is 0 Å². The number of benzene rings is 1. The average molecular weight is 287 g/mol. The van der Waals surface area contributed by atoms with Crippen LogP contribution < -0.4 is 11.1 Å². The Morgan fingerprint density at radius 1 is 1.33 bits per heavy atom. The lowest BCUT2D eigenvalue weighted by atomic mass is 9.87. The zero-order valence-electron chi connectivity index (χ0n) is 12.7. The second kappa shape index (κ2) is 5.78. The lowest BCUT2D eigenvalue weighted by molar-refractivity contribution is -0.126. The lowest BCUT2D eigenvalue weighted by Crippen LogP contribution is -2.60. The number of hydrogen-bond acceptors (Lipinski definition) is 3. The van der Waals surface area contributed by atoms with Gasteiger partial charge < -0.3 is 5.73 Å². The van der Waals surface area contributed by atoms with Crippen molar-refractivity contribution in [3.8, 4) is 0 Å². The smallest absolute Gasteiger partial charge is 0.243 e. The molecule has 2 fully saturated rings. The third-order valence-corrected chi connectivity index (χ3v) is 4.85. The Labute approximate surface area is 126 Å². The highest BCUT2D eigenvalue weighted by molar-refractivity contribution is 5.86. The Hall–Kier alpha value is -1.39. The van der Waals surface area contributed by atoms with Gasteiger partial charge in [0.05, 0.1) is 0 Å². The first-order valence-corrected chi connectivity index (χ1v) is 7.99. The van der Waals surface area contributed by atoms with E-state index in [0.717, 1.165) is 24.9 Å². The molecule has 1 heterocycles. The van der Waals surface area contributed by atoms with E-state index in [0.29, 0.717) is 18.6 Å². The quantitative estimate of drug-likeness (QED) is 0.835. The van der Waals surface area contributed by atoms with Crippen LogP contribution in [-0.4, -0.2) is 36.0 Å². The van der Waals surface area contributed by atoms with Crippen LogP contribution in [0.15, 0.2) is 30.3 Å². The molecule has 1 saturated carbocycles.